The Balaban J connectivity index is 1.23. The molecule has 0 bridgehead atoms. The molecule has 3 aromatic carbocycles. The lowest BCUT2D eigenvalue weighted by atomic mass is 9.99. The zero-order chi connectivity index (χ0) is 27.5. The second-order valence-electron chi connectivity index (χ2n) is 11.3. The second-order valence-corrected chi connectivity index (χ2v) is 11.3. The van der Waals surface area contributed by atoms with E-state index in [1.807, 2.05) is 42.5 Å². The lowest BCUT2D eigenvalue weighted by molar-refractivity contribution is -0.110. The van der Waals surface area contributed by atoms with Gasteiger partial charge in [0.2, 0.25) is 0 Å². The third kappa shape index (κ3) is 5.82. The minimum absolute atomic E-state index is 0.0710. The van der Waals surface area contributed by atoms with Crippen LogP contribution in [0.3, 0.4) is 0 Å². The molecule has 3 N–H and O–H groups in total. The maximum absolute atomic E-state index is 13.3. The van der Waals surface area contributed by atoms with Crippen LogP contribution in [0, 0.1) is 5.92 Å². The molecule has 3 aromatic rings. The summed E-state index contributed by atoms with van der Waals surface area (Å²) < 4.78 is 0. The average Bonchev–Trinajstić information content (AvgIpc) is 3.78. The number of likely N-dealkylation sites (tertiary alicyclic amines) is 1. The predicted octanol–water partition coefficient (Wildman–Crippen LogP) is 6.74. The SMILES string of the molecule is CC[C@@H](NC(=O)c1ccc2c(c1)/C(=C(/Nc1ccc(CN3CCCCC3)cc1)C1CC1)C(=O)N2)c1ccccc1. The van der Waals surface area contributed by atoms with Crippen LogP contribution < -0.4 is 16.0 Å². The quantitative estimate of drug-likeness (QED) is 0.266. The van der Waals surface area contributed by atoms with Gasteiger partial charge < -0.3 is 16.0 Å². The summed E-state index contributed by atoms with van der Waals surface area (Å²) in [7, 11) is 0. The van der Waals surface area contributed by atoms with Crippen molar-refractivity contribution >= 4 is 28.8 Å². The maximum atomic E-state index is 13.3. The van der Waals surface area contributed by atoms with Gasteiger partial charge >= 0.3 is 0 Å². The van der Waals surface area contributed by atoms with Gasteiger partial charge in [-0.05, 0) is 92.6 Å². The third-order valence-electron chi connectivity index (χ3n) is 8.28. The molecule has 3 aliphatic rings. The summed E-state index contributed by atoms with van der Waals surface area (Å²) >= 11 is 0. The Bertz CT molecular complexity index is 1400. The average molecular weight is 535 g/mol. The van der Waals surface area contributed by atoms with Crippen LogP contribution >= 0.6 is 0 Å². The summed E-state index contributed by atoms with van der Waals surface area (Å²) in [6.07, 6.45) is 6.81. The first kappa shape index (κ1) is 26.3. The van der Waals surface area contributed by atoms with Crippen molar-refractivity contribution in [2.45, 2.75) is 58.0 Å². The van der Waals surface area contributed by atoms with Crippen LogP contribution in [-0.4, -0.2) is 29.8 Å². The summed E-state index contributed by atoms with van der Waals surface area (Å²) in [6.45, 7) is 5.41. The number of allylic oxidation sites excluding steroid dienone is 1. The number of benzene rings is 3. The summed E-state index contributed by atoms with van der Waals surface area (Å²) in [4.78, 5) is 29.1. The highest BCUT2D eigenvalue weighted by molar-refractivity contribution is 6.32. The van der Waals surface area contributed by atoms with Gasteiger partial charge in [-0.25, -0.2) is 0 Å². The number of nitrogens with zero attached hydrogens (tertiary/aromatic N) is 1. The molecule has 6 rings (SSSR count). The maximum Gasteiger partial charge on any atom is 0.258 e. The van der Waals surface area contributed by atoms with Crippen molar-refractivity contribution in [3.05, 3.63) is 101 Å². The van der Waals surface area contributed by atoms with Crippen molar-refractivity contribution < 1.29 is 9.59 Å². The van der Waals surface area contributed by atoms with E-state index in [0.29, 0.717) is 17.1 Å². The number of carbonyl (C=O) groups excluding carboxylic acids is 2. The number of amides is 2. The molecule has 1 aliphatic carbocycles. The number of carbonyl (C=O) groups is 2. The number of hydrogen-bond donors (Lipinski definition) is 3. The van der Waals surface area contributed by atoms with Crippen LogP contribution in [0.25, 0.3) is 5.57 Å². The van der Waals surface area contributed by atoms with Crippen LogP contribution in [0.15, 0.2) is 78.5 Å². The number of anilines is 2. The van der Waals surface area contributed by atoms with E-state index < -0.39 is 0 Å². The van der Waals surface area contributed by atoms with Gasteiger partial charge in [0.1, 0.15) is 0 Å². The Morgan fingerprint density at radius 1 is 0.975 bits per heavy atom. The van der Waals surface area contributed by atoms with Crippen LogP contribution in [0.4, 0.5) is 11.4 Å². The Morgan fingerprint density at radius 2 is 1.73 bits per heavy atom. The smallest absolute Gasteiger partial charge is 0.258 e. The molecule has 2 aliphatic heterocycles. The van der Waals surface area contributed by atoms with Crippen molar-refractivity contribution in [3.63, 3.8) is 0 Å². The highest BCUT2D eigenvalue weighted by Crippen LogP contribution is 2.44. The normalized spacial score (nSPS) is 19.0. The van der Waals surface area contributed by atoms with Crippen molar-refractivity contribution in [2.24, 2.45) is 5.92 Å². The molecule has 2 heterocycles. The van der Waals surface area contributed by atoms with Gasteiger partial charge in [0.25, 0.3) is 11.8 Å². The summed E-state index contributed by atoms with van der Waals surface area (Å²) in [5.41, 5.74) is 7.09. The number of nitrogens with one attached hydrogen (secondary N) is 3. The molecule has 0 unspecified atom stereocenters. The van der Waals surface area contributed by atoms with Gasteiger partial charge in [0.15, 0.2) is 0 Å². The topological polar surface area (TPSA) is 73.5 Å². The van der Waals surface area contributed by atoms with Crippen molar-refractivity contribution in [1.82, 2.24) is 10.2 Å². The molecule has 1 atom stereocenters. The van der Waals surface area contributed by atoms with Gasteiger partial charge in [-0.15, -0.1) is 0 Å². The van der Waals surface area contributed by atoms with Crippen LogP contribution in [0.1, 0.15) is 78.5 Å². The van der Waals surface area contributed by atoms with Gasteiger partial charge in [-0.3, -0.25) is 14.5 Å². The second kappa shape index (κ2) is 11.7. The molecule has 40 heavy (non-hydrogen) atoms. The molecule has 6 heteroatoms. The first-order chi connectivity index (χ1) is 19.6. The number of fused-ring (bicyclic) bond motifs is 1. The highest BCUT2D eigenvalue weighted by atomic mass is 16.2. The molecule has 2 amide bonds. The Morgan fingerprint density at radius 3 is 2.42 bits per heavy atom. The van der Waals surface area contributed by atoms with Crippen molar-refractivity contribution in [2.75, 3.05) is 23.7 Å². The monoisotopic (exact) mass is 534 g/mol. The van der Waals surface area contributed by atoms with Crippen molar-refractivity contribution in [3.8, 4) is 0 Å². The van der Waals surface area contributed by atoms with E-state index in [1.54, 1.807) is 6.07 Å². The number of rotatable bonds is 9. The number of hydrogen-bond acceptors (Lipinski definition) is 4. The first-order valence-electron chi connectivity index (χ1n) is 14.7. The lowest BCUT2D eigenvalue weighted by Crippen LogP contribution is -2.29. The zero-order valence-corrected chi connectivity index (χ0v) is 23.2. The fourth-order valence-corrected chi connectivity index (χ4v) is 5.89. The van der Waals surface area contributed by atoms with E-state index in [4.69, 9.17) is 0 Å². The van der Waals surface area contributed by atoms with Crippen LogP contribution in [-0.2, 0) is 11.3 Å². The molecular weight excluding hydrogens is 496 g/mol. The number of piperidine rings is 1. The van der Waals surface area contributed by atoms with Crippen LogP contribution in [0.2, 0.25) is 0 Å². The Labute approximate surface area is 236 Å². The first-order valence-corrected chi connectivity index (χ1v) is 14.7. The third-order valence-corrected chi connectivity index (χ3v) is 8.28. The predicted molar refractivity (Wildman–Crippen MR) is 161 cm³/mol. The van der Waals surface area contributed by atoms with Gasteiger partial charge in [-0.1, -0.05) is 55.8 Å². The van der Waals surface area contributed by atoms with Gasteiger partial charge in [-0.2, -0.15) is 0 Å². The Kier molecular flexibility index (Phi) is 7.69. The van der Waals surface area contributed by atoms with Gasteiger partial charge in [0.05, 0.1) is 11.6 Å². The fraction of sp³-hybridized carbons (Fsp3) is 0.353. The molecule has 0 spiro atoms. The molecule has 1 saturated heterocycles. The summed E-state index contributed by atoms with van der Waals surface area (Å²) in [5.74, 6) is 0.0709. The summed E-state index contributed by atoms with van der Waals surface area (Å²) in [5, 5.41) is 9.80. The van der Waals surface area contributed by atoms with E-state index in [2.05, 4.69) is 52.0 Å². The van der Waals surface area contributed by atoms with E-state index in [1.165, 1.54) is 37.9 Å². The van der Waals surface area contributed by atoms with E-state index >= 15 is 0 Å². The largest absolute Gasteiger partial charge is 0.358 e. The van der Waals surface area contributed by atoms with Crippen LogP contribution in [0.5, 0.6) is 0 Å². The van der Waals surface area contributed by atoms with E-state index in [-0.39, 0.29) is 17.9 Å². The lowest BCUT2D eigenvalue weighted by Gasteiger charge is -2.26. The standard InChI is InChI=1S/C34H38N4O2/c1-2-29(24-9-5-3-6-10-24)36-33(39)26-15-18-30-28(21-26)31(34(40)37-30)32(25-13-14-25)35-27-16-11-23(12-17-27)22-38-19-7-4-8-20-38/h3,5-6,9-12,15-18,21,25,29,35H,2,4,7-8,13-14,19-20,22H2,1H3,(H,36,39)(H,37,40)/b32-31-/t29-/m1/s1. The van der Waals surface area contributed by atoms with E-state index in [0.717, 1.165) is 54.0 Å². The molecule has 1 saturated carbocycles. The Hall–Kier alpha value is -3.90. The molecule has 206 valence electrons. The molecule has 0 aromatic heterocycles. The fourth-order valence-electron chi connectivity index (χ4n) is 5.89. The highest BCUT2D eigenvalue weighted by Gasteiger charge is 2.36. The van der Waals surface area contributed by atoms with E-state index in [9.17, 15) is 9.59 Å². The minimum Gasteiger partial charge on any atom is -0.358 e. The molecular formula is C34H38N4O2. The van der Waals surface area contributed by atoms with Gasteiger partial charge in [0, 0.05) is 34.7 Å². The molecule has 6 nitrogen and oxygen atoms in total. The molecule has 0 radical (unpaired) electrons. The summed E-state index contributed by atoms with van der Waals surface area (Å²) in [6, 6.07) is 24.1. The zero-order valence-electron chi connectivity index (χ0n) is 23.2. The minimum atomic E-state index is -0.137. The molecule has 2 fully saturated rings. The van der Waals surface area contributed by atoms with Crippen molar-refractivity contribution in [1.29, 1.82) is 0 Å².